The van der Waals surface area contributed by atoms with Crippen LogP contribution in [0.3, 0.4) is 0 Å². The molecule has 0 aliphatic heterocycles. The van der Waals surface area contributed by atoms with E-state index in [9.17, 15) is 10.1 Å². The molecule has 94 valence electrons. The van der Waals surface area contributed by atoms with E-state index in [1.807, 2.05) is 0 Å². The number of aryl methyl sites for hydroxylation is 2. The molecule has 0 saturated heterocycles. The summed E-state index contributed by atoms with van der Waals surface area (Å²) in [5, 5.41) is 17.5. The van der Waals surface area contributed by atoms with Gasteiger partial charge in [-0.3, -0.25) is 10.1 Å². The van der Waals surface area contributed by atoms with Crippen LogP contribution in [-0.4, -0.2) is 22.1 Å². The molecular weight excluding hydrogens is 236 g/mol. The van der Waals surface area contributed by atoms with Crippen LogP contribution in [0.1, 0.15) is 11.5 Å². The van der Waals surface area contributed by atoms with Crippen molar-refractivity contribution in [3.63, 3.8) is 0 Å². The fourth-order valence-electron chi connectivity index (χ4n) is 1.82. The van der Waals surface area contributed by atoms with Crippen LogP contribution < -0.4 is 5.32 Å². The number of nitro groups is 1. The van der Waals surface area contributed by atoms with Gasteiger partial charge in [-0.25, -0.2) is 4.98 Å². The summed E-state index contributed by atoms with van der Waals surface area (Å²) < 4.78 is 5.04. The molecule has 18 heavy (non-hydrogen) atoms. The number of nitrogens with one attached hydrogen (secondary N) is 1. The van der Waals surface area contributed by atoms with Crippen molar-refractivity contribution in [1.82, 2.24) is 10.1 Å². The zero-order valence-corrected chi connectivity index (χ0v) is 10.2. The molecule has 7 heteroatoms. The van der Waals surface area contributed by atoms with Crippen LogP contribution in [0.15, 0.2) is 16.8 Å². The summed E-state index contributed by atoms with van der Waals surface area (Å²) >= 11 is 0. The van der Waals surface area contributed by atoms with Crippen molar-refractivity contribution in [3.8, 4) is 11.1 Å². The number of rotatable bonds is 3. The summed E-state index contributed by atoms with van der Waals surface area (Å²) in [5.41, 5.74) is 1.97. The van der Waals surface area contributed by atoms with E-state index >= 15 is 0 Å². The summed E-state index contributed by atoms with van der Waals surface area (Å²) in [4.78, 5) is 14.5. The first kappa shape index (κ1) is 12.0. The lowest BCUT2D eigenvalue weighted by Gasteiger charge is -2.04. The third kappa shape index (κ3) is 1.90. The number of nitrogens with zero attached hydrogens (tertiary/aromatic N) is 3. The minimum Gasteiger partial charge on any atom is -0.367 e. The molecule has 2 aromatic rings. The maximum Gasteiger partial charge on any atom is 0.311 e. The monoisotopic (exact) mass is 248 g/mol. The zero-order chi connectivity index (χ0) is 13.3. The summed E-state index contributed by atoms with van der Waals surface area (Å²) in [6.07, 6.45) is 1.56. The highest BCUT2D eigenvalue weighted by Gasteiger charge is 2.19. The fraction of sp³-hybridized carbons (Fsp3) is 0.273. The van der Waals surface area contributed by atoms with Gasteiger partial charge in [-0.15, -0.1) is 0 Å². The molecule has 0 aromatic carbocycles. The van der Waals surface area contributed by atoms with Gasteiger partial charge in [0, 0.05) is 30.4 Å². The molecule has 0 atom stereocenters. The lowest BCUT2D eigenvalue weighted by Crippen LogP contribution is -1.99. The van der Waals surface area contributed by atoms with Gasteiger partial charge in [-0.2, -0.15) is 0 Å². The number of pyridine rings is 1. The van der Waals surface area contributed by atoms with E-state index in [1.165, 1.54) is 6.07 Å². The van der Waals surface area contributed by atoms with Crippen LogP contribution in [0.2, 0.25) is 0 Å². The van der Waals surface area contributed by atoms with E-state index < -0.39 is 4.92 Å². The Morgan fingerprint density at radius 1 is 1.44 bits per heavy atom. The van der Waals surface area contributed by atoms with E-state index in [4.69, 9.17) is 4.52 Å². The molecule has 0 aliphatic rings. The maximum atomic E-state index is 11.0. The SMILES string of the molecule is CNc1ncc(-c2c(C)noc2C)cc1[N+](=O)[O-]. The van der Waals surface area contributed by atoms with Crippen molar-refractivity contribution in [2.24, 2.45) is 0 Å². The molecular formula is C11H12N4O3. The van der Waals surface area contributed by atoms with Crippen molar-refractivity contribution in [1.29, 1.82) is 0 Å². The molecule has 1 N–H and O–H groups in total. The van der Waals surface area contributed by atoms with Crippen LogP contribution in [0, 0.1) is 24.0 Å². The van der Waals surface area contributed by atoms with Gasteiger partial charge in [0.15, 0.2) is 0 Å². The molecule has 0 bridgehead atoms. The second-order valence-corrected chi connectivity index (χ2v) is 3.80. The van der Waals surface area contributed by atoms with Gasteiger partial charge >= 0.3 is 5.69 Å². The van der Waals surface area contributed by atoms with Gasteiger partial charge in [0.25, 0.3) is 0 Å². The number of hydrogen-bond donors (Lipinski definition) is 1. The Morgan fingerprint density at radius 3 is 2.67 bits per heavy atom. The summed E-state index contributed by atoms with van der Waals surface area (Å²) in [5.74, 6) is 0.844. The standard InChI is InChI=1S/C11H12N4O3/c1-6-10(7(2)18-14-6)8-4-9(15(16)17)11(12-3)13-5-8/h4-5H,1-3H3,(H,12,13). The van der Waals surface area contributed by atoms with E-state index in [-0.39, 0.29) is 11.5 Å². The van der Waals surface area contributed by atoms with Gasteiger partial charge < -0.3 is 9.84 Å². The Bertz CT molecular complexity index is 587. The Hall–Kier alpha value is -2.44. The number of hydrogen-bond acceptors (Lipinski definition) is 6. The topological polar surface area (TPSA) is 94.1 Å². The molecule has 7 nitrogen and oxygen atoms in total. The Labute approximate surface area is 103 Å². The van der Waals surface area contributed by atoms with E-state index in [0.717, 1.165) is 5.56 Å². The molecule has 0 amide bonds. The Kier molecular flexibility index (Phi) is 2.97. The first-order valence-corrected chi connectivity index (χ1v) is 5.30. The molecule has 2 heterocycles. The molecule has 0 saturated carbocycles. The summed E-state index contributed by atoms with van der Waals surface area (Å²) in [7, 11) is 1.59. The molecule has 0 radical (unpaired) electrons. The second-order valence-electron chi connectivity index (χ2n) is 3.80. The zero-order valence-electron chi connectivity index (χ0n) is 10.2. The van der Waals surface area contributed by atoms with Gasteiger partial charge in [0.1, 0.15) is 5.76 Å². The summed E-state index contributed by atoms with van der Waals surface area (Å²) in [6, 6.07) is 1.46. The maximum absolute atomic E-state index is 11.0. The fourth-order valence-corrected chi connectivity index (χ4v) is 1.82. The van der Waals surface area contributed by atoms with Crippen molar-refractivity contribution in [2.45, 2.75) is 13.8 Å². The van der Waals surface area contributed by atoms with Gasteiger partial charge in [0.2, 0.25) is 5.82 Å². The first-order valence-electron chi connectivity index (χ1n) is 5.30. The van der Waals surface area contributed by atoms with Gasteiger partial charge in [-0.1, -0.05) is 5.16 Å². The number of aromatic nitrogens is 2. The van der Waals surface area contributed by atoms with Crippen LogP contribution in [-0.2, 0) is 0 Å². The Morgan fingerprint density at radius 2 is 2.17 bits per heavy atom. The first-order chi connectivity index (χ1) is 8.54. The quantitative estimate of drug-likeness (QED) is 0.661. The summed E-state index contributed by atoms with van der Waals surface area (Å²) in [6.45, 7) is 3.54. The molecule has 2 aromatic heterocycles. The van der Waals surface area contributed by atoms with Crippen molar-refractivity contribution in [2.75, 3.05) is 12.4 Å². The van der Waals surface area contributed by atoms with E-state index in [1.54, 1.807) is 27.1 Å². The van der Waals surface area contributed by atoms with Crippen LogP contribution in [0.5, 0.6) is 0 Å². The van der Waals surface area contributed by atoms with Crippen LogP contribution in [0.4, 0.5) is 11.5 Å². The minimum absolute atomic E-state index is 0.0741. The Balaban J connectivity index is 2.61. The van der Waals surface area contributed by atoms with E-state index in [0.29, 0.717) is 17.0 Å². The smallest absolute Gasteiger partial charge is 0.311 e. The normalized spacial score (nSPS) is 10.4. The largest absolute Gasteiger partial charge is 0.367 e. The van der Waals surface area contributed by atoms with Gasteiger partial charge in [0.05, 0.1) is 10.6 Å². The second kappa shape index (κ2) is 4.44. The molecule has 0 aliphatic carbocycles. The number of anilines is 1. The lowest BCUT2D eigenvalue weighted by molar-refractivity contribution is -0.384. The average molecular weight is 248 g/mol. The van der Waals surface area contributed by atoms with Crippen molar-refractivity contribution in [3.05, 3.63) is 33.8 Å². The highest BCUT2D eigenvalue weighted by atomic mass is 16.6. The third-order valence-corrected chi connectivity index (χ3v) is 2.62. The molecule has 2 rings (SSSR count). The molecule has 0 spiro atoms. The van der Waals surface area contributed by atoms with Crippen molar-refractivity contribution >= 4 is 11.5 Å². The highest BCUT2D eigenvalue weighted by Crippen LogP contribution is 2.31. The predicted molar refractivity (Wildman–Crippen MR) is 65.4 cm³/mol. The molecule has 0 fully saturated rings. The minimum atomic E-state index is -0.472. The van der Waals surface area contributed by atoms with Crippen LogP contribution in [0.25, 0.3) is 11.1 Å². The van der Waals surface area contributed by atoms with Crippen molar-refractivity contribution < 1.29 is 9.45 Å². The lowest BCUT2D eigenvalue weighted by atomic mass is 10.1. The van der Waals surface area contributed by atoms with Gasteiger partial charge in [-0.05, 0) is 13.8 Å². The average Bonchev–Trinajstić information content (AvgIpc) is 2.68. The highest BCUT2D eigenvalue weighted by molar-refractivity contribution is 5.72. The molecule has 0 unspecified atom stereocenters. The van der Waals surface area contributed by atoms with Crippen LogP contribution >= 0.6 is 0 Å². The third-order valence-electron chi connectivity index (χ3n) is 2.62. The predicted octanol–water partition coefficient (Wildman–Crippen LogP) is 2.30. The van der Waals surface area contributed by atoms with E-state index in [2.05, 4.69) is 15.5 Å².